The maximum atomic E-state index is 12.3. The lowest BCUT2D eigenvalue weighted by Gasteiger charge is -2.23. The minimum Gasteiger partial charge on any atom is -0.494 e. The van der Waals surface area contributed by atoms with Gasteiger partial charge in [-0.05, 0) is 44.0 Å². The quantitative estimate of drug-likeness (QED) is 0.701. The number of carbonyl (C=O) groups excluding carboxylic acids is 2. The third-order valence-electron chi connectivity index (χ3n) is 4.92. The van der Waals surface area contributed by atoms with E-state index in [0.717, 1.165) is 24.4 Å². The summed E-state index contributed by atoms with van der Waals surface area (Å²) in [4.78, 5) is 24.6. The molecule has 3 rings (SSSR count). The maximum absolute atomic E-state index is 12.3. The third-order valence-corrected chi connectivity index (χ3v) is 4.92. The van der Waals surface area contributed by atoms with Gasteiger partial charge >= 0.3 is 0 Å². The number of nitrogens with one attached hydrogen (secondary N) is 1. The molecule has 0 bridgehead atoms. The average molecular weight is 369 g/mol. The maximum Gasteiger partial charge on any atom is 0.225 e. The zero-order valence-electron chi connectivity index (χ0n) is 15.8. The molecule has 0 spiro atoms. The lowest BCUT2D eigenvalue weighted by Crippen LogP contribution is -2.20. The molecule has 2 aromatic rings. The Labute approximate surface area is 159 Å². The van der Waals surface area contributed by atoms with Gasteiger partial charge in [0.05, 0.1) is 18.8 Å². The van der Waals surface area contributed by atoms with Crippen molar-refractivity contribution in [1.82, 2.24) is 9.78 Å². The summed E-state index contributed by atoms with van der Waals surface area (Å²) in [6.45, 7) is 2.50. The number of hydrogen-bond donors (Lipinski definition) is 1. The van der Waals surface area contributed by atoms with Gasteiger partial charge < -0.3 is 10.1 Å². The summed E-state index contributed by atoms with van der Waals surface area (Å²) in [5, 5.41) is 7.29. The molecular weight excluding hydrogens is 342 g/mol. The van der Waals surface area contributed by atoms with Gasteiger partial charge in [0.2, 0.25) is 5.91 Å². The summed E-state index contributed by atoms with van der Waals surface area (Å²) < 4.78 is 7.30. The molecule has 0 radical (unpaired) electrons. The van der Waals surface area contributed by atoms with E-state index in [1.807, 2.05) is 17.7 Å². The summed E-state index contributed by atoms with van der Waals surface area (Å²) in [6.07, 6.45) is 7.92. The Kier molecular flexibility index (Phi) is 6.63. The van der Waals surface area contributed by atoms with Crippen LogP contribution in [0.25, 0.3) is 0 Å². The molecule has 0 atom stereocenters. The van der Waals surface area contributed by atoms with Crippen molar-refractivity contribution < 1.29 is 14.3 Å². The monoisotopic (exact) mass is 369 g/mol. The van der Waals surface area contributed by atoms with E-state index < -0.39 is 0 Å². The van der Waals surface area contributed by atoms with Crippen LogP contribution in [0.3, 0.4) is 0 Å². The Bertz CT molecular complexity index is 761. The predicted molar refractivity (Wildman–Crippen MR) is 104 cm³/mol. The van der Waals surface area contributed by atoms with Crippen LogP contribution in [0.2, 0.25) is 0 Å². The van der Waals surface area contributed by atoms with Gasteiger partial charge in [-0.15, -0.1) is 0 Å². The Hall–Kier alpha value is -2.63. The van der Waals surface area contributed by atoms with Crippen LogP contribution in [0.4, 0.5) is 5.82 Å². The zero-order valence-corrected chi connectivity index (χ0v) is 15.8. The number of ether oxygens (including phenoxy) is 1. The molecule has 1 fully saturated rings. The van der Waals surface area contributed by atoms with E-state index in [1.54, 1.807) is 30.5 Å². The van der Waals surface area contributed by atoms with E-state index in [2.05, 4.69) is 10.4 Å². The van der Waals surface area contributed by atoms with Crippen molar-refractivity contribution in [2.24, 2.45) is 0 Å². The number of benzene rings is 1. The van der Waals surface area contributed by atoms with Gasteiger partial charge in [-0.3, -0.25) is 9.59 Å². The van der Waals surface area contributed by atoms with Gasteiger partial charge in [0.15, 0.2) is 5.78 Å². The largest absolute Gasteiger partial charge is 0.494 e. The van der Waals surface area contributed by atoms with Gasteiger partial charge in [-0.2, -0.15) is 5.10 Å². The third kappa shape index (κ3) is 5.18. The minimum absolute atomic E-state index is 0.0472. The summed E-state index contributed by atoms with van der Waals surface area (Å²) in [5.74, 6) is 1.25. The highest BCUT2D eigenvalue weighted by molar-refractivity contribution is 5.99. The van der Waals surface area contributed by atoms with Crippen molar-refractivity contribution in [2.45, 2.75) is 57.9 Å². The van der Waals surface area contributed by atoms with Gasteiger partial charge in [-0.1, -0.05) is 19.3 Å². The number of amides is 1. The van der Waals surface area contributed by atoms with Crippen LogP contribution < -0.4 is 10.1 Å². The molecule has 1 aliphatic carbocycles. The molecule has 0 unspecified atom stereocenters. The first-order chi connectivity index (χ1) is 13.2. The normalized spacial score (nSPS) is 14.7. The second kappa shape index (κ2) is 9.35. The standard InChI is InChI=1S/C21H27N3O3/c1-2-27-18-10-8-16(9-11-18)19(25)12-13-21(26)23-20-14-15-22-24(20)17-6-4-3-5-7-17/h8-11,14-15,17H,2-7,12-13H2,1H3,(H,23,26). The molecule has 144 valence electrons. The van der Waals surface area contributed by atoms with Crippen molar-refractivity contribution in [3.8, 4) is 5.75 Å². The number of Topliss-reactive ketones (excluding diaryl/α,β-unsaturated/α-hetero) is 1. The molecule has 1 amide bonds. The number of anilines is 1. The Balaban J connectivity index is 1.51. The molecule has 27 heavy (non-hydrogen) atoms. The number of aromatic nitrogens is 2. The number of rotatable bonds is 8. The lowest BCUT2D eigenvalue weighted by molar-refractivity contribution is -0.116. The molecular formula is C21H27N3O3. The first-order valence-electron chi connectivity index (χ1n) is 9.77. The molecule has 0 saturated heterocycles. The first kappa shape index (κ1) is 19.1. The number of hydrogen-bond acceptors (Lipinski definition) is 4. The van der Waals surface area contributed by atoms with Crippen molar-refractivity contribution in [3.05, 3.63) is 42.1 Å². The topological polar surface area (TPSA) is 73.2 Å². The smallest absolute Gasteiger partial charge is 0.225 e. The first-order valence-corrected chi connectivity index (χ1v) is 9.77. The summed E-state index contributed by atoms with van der Waals surface area (Å²) in [7, 11) is 0. The number of ketones is 1. The highest BCUT2D eigenvalue weighted by atomic mass is 16.5. The van der Waals surface area contributed by atoms with Crippen molar-refractivity contribution in [1.29, 1.82) is 0 Å². The lowest BCUT2D eigenvalue weighted by atomic mass is 9.96. The Morgan fingerprint density at radius 1 is 1.11 bits per heavy atom. The predicted octanol–water partition coefficient (Wildman–Crippen LogP) is 4.39. The second-order valence-electron chi connectivity index (χ2n) is 6.88. The Morgan fingerprint density at radius 3 is 2.56 bits per heavy atom. The van der Waals surface area contributed by atoms with E-state index in [1.165, 1.54) is 19.3 Å². The van der Waals surface area contributed by atoms with Crippen molar-refractivity contribution >= 4 is 17.5 Å². The summed E-state index contributed by atoms with van der Waals surface area (Å²) in [6, 6.07) is 9.21. The van der Waals surface area contributed by atoms with Crippen LogP contribution in [0.15, 0.2) is 36.5 Å². The molecule has 1 N–H and O–H groups in total. The van der Waals surface area contributed by atoms with E-state index in [9.17, 15) is 9.59 Å². The van der Waals surface area contributed by atoms with Crippen LogP contribution in [0.5, 0.6) is 5.75 Å². The van der Waals surface area contributed by atoms with Crippen LogP contribution in [-0.4, -0.2) is 28.1 Å². The molecule has 0 aliphatic heterocycles. The molecule has 1 aromatic heterocycles. The van der Waals surface area contributed by atoms with Crippen LogP contribution in [-0.2, 0) is 4.79 Å². The fourth-order valence-corrected chi connectivity index (χ4v) is 3.51. The molecule has 1 heterocycles. The molecule has 1 aromatic carbocycles. The van der Waals surface area contributed by atoms with Crippen molar-refractivity contribution in [3.63, 3.8) is 0 Å². The van der Waals surface area contributed by atoms with E-state index >= 15 is 0 Å². The summed E-state index contributed by atoms with van der Waals surface area (Å²) in [5.41, 5.74) is 0.596. The highest BCUT2D eigenvalue weighted by Crippen LogP contribution is 2.29. The van der Waals surface area contributed by atoms with Crippen LogP contribution in [0, 0.1) is 0 Å². The Morgan fingerprint density at radius 2 is 1.85 bits per heavy atom. The van der Waals surface area contributed by atoms with Crippen LogP contribution >= 0.6 is 0 Å². The fraction of sp³-hybridized carbons (Fsp3) is 0.476. The minimum atomic E-state index is -0.160. The summed E-state index contributed by atoms with van der Waals surface area (Å²) >= 11 is 0. The highest BCUT2D eigenvalue weighted by Gasteiger charge is 2.19. The SMILES string of the molecule is CCOc1ccc(C(=O)CCC(=O)Nc2ccnn2C2CCCCC2)cc1. The van der Waals surface area contributed by atoms with Crippen molar-refractivity contribution in [2.75, 3.05) is 11.9 Å². The number of nitrogens with zero attached hydrogens (tertiary/aromatic N) is 2. The van der Waals surface area contributed by atoms with Gasteiger partial charge in [0.25, 0.3) is 0 Å². The van der Waals surface area contributed by atoms with E-state index in [-0.39, 0.29) is 24.5 Å². The molecule has 1 aliphatic rings. The molecule has 6 nitrogen and oxygen atoms in total. The zero-order chi connectivity index (χ0) is 19.1. The van der Waals surface area contributed by atoms with Crippen LogP contribution in [0.1, 0.15) is 68.3 Å². The second-order valence-corrected chi connectivity index (χ2v) is 6.88. The van der Waals surface area contributed by atoms with Gasteiger partial charge in [-0.25, -0.2) is 4.68 Å². The fourth-order valence-electron chi connectivity index (χ4n) is 3.51. The van der Waals surface area contributed by atoms with Gasteiger partial charge in [0, 0.05) is 24.5 Å². The number of carbonyl (C=O) groups is 2. The molecule has 1 saturated carbocycles. The molecule has 6 heteroatoms. The van der Waals surface area contributed by atoms with E-state index in [4.69, 9.17) is 4.74 Å². The van der Waals surface area contributed by atoms with Gasteiger partial charge in [0.1, 0.15) is 11.6 Å². The van der Waals surface area contributed by atoms with E-state index in [0.29, 0.717) is 18.2 Å². The average Bonchev–Trinajstić information content (AvgIpc) is 3.15.